The number of ether oxygens (including phenoxy) is 1. The summed E-state index contributed by atoms with van der Waals surface area (Å²) in [4.78, 5) is 26.3. The maximum atomic E-state index is 15.0. The lowest BCUT2D eigenvalue weighted by Gasteiger charge is -2.32. The van der Waals surface area contributed by atoms with Crippen LogP contribution < -0.4 is 0 Å². The van der Waals surface area contributed by atoms with Gasteiger partial charge in [0.25, 0.3) is 0 Å². The number of morpholine rings is 1. The number of pyridine rings is 2. The number of hydrogen-bond donors (Lipinski definition) is 1. The maximum Gasteiger partial charge on any atom is 0.223 e. The molecular formula is C27H28F2N4O2. The molecule has 0 unspecified atom stereocenters. The van der Waals surface area contributed by atoms with Gasteiger partial charge >= 0.3 is 0 Å². The molecule has 1 N–H and O–H groups in total. The Bertz CT molecular complexity index is 1280. The van der Waals surface area contributed by atoms with E-state index in [4.69, 9.17) is 11.2 Å². The van der Waals surface area contributed by atoms with Crippen LogP contribution >= 0.6 is 0 Å². The van der Waals surface area contributed by atoms with Crippen molar-refractivity contribution in [2.75, 3.05) is 26.3 Å². The molecule has 0 spiro atoms. The van der Waals surface area contributed by atoms with Crippen LogP contribution in [0.1, 0.15) is 43.4 Å². The quantitative estimate of drug-likeness (QED) is 0.549. The summed E-state index contributed by atoms with van der Waals surface area (Å²) < 4.78 is 34.2. The van der Waals surface area contributed by atoms with Crippen LogP contribution in [0.4, 0.5) is 8.78 Å². The van der Waals surface area contributed by atoms with E-state index in [9.17, 15) is 9.18 Å². The number of halogens is 2. The second-order valence-electron chi connectivity index (χ2n) is 9.51. The molecule has 1 aliphatic carbocycles. The van der Waals surface area contributed by atoms with E-state index in [2.05, 4.69) is 20.9 Å². The highest BCUT2D eigenvalue weighted by molar-refractivity contribution is 5.93. The molecule has 6 nitrogen and oxygen atoms in total. The third kappa shape index (κ3) is 5.06. The van der Waals surface area contributed by atoms with Crippen molar-refractivity contribution in [1.29, 1.82) is 0 Å². The van der Waals surface area contributed by atoms with Gasteiger partial charge in [-0.2, -0.15) is 0 Å². The normalized spacial score (nSPS) is 20.7. The Hall–Kier alpha value is -3.31. The van der Waals surface area contributed by atoms with Crippen molar-refractivity contribution in [3.63, 3.8) is 0 Å². The molecule has 1 amide bonds. The monoisotopic (exact) mass is 478 g/mol. The zero-order valence-electron chi connectivity index (χ0n) is 19.5. The number of aromatic amines is 1. The molecule has 1 saturated heterocycles. The number of hydrogen-bond acceptors (Lipinski definition) is 4. The number of nitrogens with one attached hydrogen (secondary N) is 1. The zero-order valence-corrected chi connectivity index (χ0v) is 19.5. The van der Waals surface area contributed by atoms with Crippen LogP contribution in [-0.2, 0) is 16.0 Å². The van der Waals surface area contributed by atoms with Crippen LogP contribution in [0.2, 0.25) is 0 Å². The Kier molecular flexibility index (Phi) is 6.78. The van der Waals surface area contributed by atoms with Crippen LogP contribution in [-0.4, -0.2) is 52.1 Å². The van der Waals surface area contributed by atoms with Gasteiger partial charge in [0.15, 0.2) is 0 Å². The van der Waals surface area contributed by atoms with E-state index in [0.717, 1.165) is 31.9 Å². The minimum atomic E-state index is -0.470. The predicted octanol–water partition coefficient (Wildman–Crippen LogP) is 4.48. The molecule has 0 bridgehead atoms. The molecule has 2 fully saturated rings. The second-order valence-corrected chi connectivity index (χ2v) is 9.51. The average Bonchev–Trinajstić information content (AvgIpc) is 3.28. The molecule has 3 aromatic heterocycles. The highest BCUT2D eigenvalue weighted by atomic mass is 19.1. The van der Waals surface area contributed by atoms with Gasteiger partial charge in [-0.05, 0) is 43.2 Å². The molecule has 0 aromatic carbocycles. The van der Waals surface area contributed by atoms with E-state index in [1.54, 1.807) is 6.20 Å². The molecule has 35 heavy (non-hydrogen) atoms. The smallest absolute Gasteiger partial charge is 0.223 e. The molecule has 5 rings (SSSR count). The molecular weight excluding hydrogens is 450 g/mol. The number of carbonyl (C=O) groups excluding carboxylic acids is 1. The Morgan fingerprint density at radius 2 is 2.03 bits per heavy atom. The number of terminal acetylenes is 1. The maximum absolute atomic E-state index is 15.0. The molecule has 182 valence electrons. The Balaban J connectivity index is 1.35. The lowest BCUT2D eigenvalue weighted by Crippen LogP contribution is -2.41. The van der Waals surface area contributed by atoms with Crippen LogP contribution in [0.25, 0.3) is 22.3 Å². The summed E-state index contributed by atoms with van der Waals surface area (Å²) >= 11 is 0. The van der Waals surface area contributed by atoms with Crippen LogP contribution in [0, 0.1) is 35.8 Å². The predicted molar refractivity (Wildman–Crippen MR) is 128 cm³/mol. The first-order valence-electron chi connectivity index (χ1n) is 12.2. The largest absolute Gasteiger partial charge is 0.378 e. The first kappa shape index (κ1) is 23.4. The summed E-state index contributed by atoms with van der Waals surface area (Å²) in [7, 11) is 0. The number of nitrogens with zero attached hydrogens (tertiary/aromatic N) is 3. The molecule has 3 aromatic rings. The zero-order chi connectivity index (χ0) is 24.4. The van der Waals surface area contributed by atoms with Crippen molar-refractivity contribution < 1.29 is 18.3 Å². The number of carbonyl (C=O) groups is 1. The summed E-state index contributed by atoms with van der Waals surface area (Å²) in [5, 5.41) is 0.547. The van der Waals surface area contributed by atoms with Gasteiger partial charge in [0.1, 0.15) is 17.3 Å². The number of aromatic nitrogens is 3. The fourth-order valence-electron chi connectivity index (χ4n) is 5.39. The van der Waals surface area contributed by atoms with E-state index < -0.39 is 11.6 Å². The topological polar surface area (TPSA) is 71.1 Å². The molecule has 1 saturated carbocycles. The highest BCUT2D eigenvalue weighted by Gasteiger charge is 2.28. The van der Waals surface area contributed by atoms with E-state index in [1.807, 2.05) is 4.90 Å². The molecule has 8 heteroatoms. The fourth-order valence-corrected chi connectivity index (χ4v) is 5.39. The Morgan fingerprint density at radius 3 is 2.83 bits per heavy atom. The fraction of sp³-hybridized carbons (Fsp3) is 0.444. The van der Waals surface area contributed by atoms with E-state index >= 15 is 4.39 Å². The molecule has 2 aliphatic rings. The molecule has 2 atom stereocenters. The third-order valence-corrected chi connectivity index (χ3v) is 7.16. The Morgan fingerprint density at radius 1 is 1.23 bits per heavy atom. The highest BCUT2D eigenvalue weighted by Crippen LogP contribution is 2.35. The SMILES string of the molecule is C#Cc1cc(F)c(C[C@H]2CCC[C@@H](CC(=O)N3CCOCC3)C2)nc1-c1c[nH]c2ncc(F)cc12. The van der Waals surface area contributed by atoms with Crippen molar-refractivity contribution in [2.24, 2.45) is 11.8 Å². The standard InChI is InChI=1S/C27H28F2N4O2/c1-2-19-13-23(29)24(32-26(19)22-16-31-27-21(22)14-20(28)15-30-27)11-17-4-3-5-18(10-17)12-25(34)33-6-8-35-9-7-33/h1,13-18H,3-12H2,(H,30,31)/t17-,18+/m0/s1. The first-order valence-corrected chi connectivity index (χ1v) is 12.2. The van der Waals surface area contributed by atoms with Gasteiger partial charge in [-0.25, -0.2) is 18.7 Å². The lowest BCUT2D eigenvalue weighted by atomic mass is 9.77. The van der Waals surface area contributed by atoms with Crippen molar-refractivity contribution in [1.82, 2.24) is 19.9 Å². The van der Waals surface area contributed by atoms with Gasteiger partial charge < -0.3 is 14.6 Å². The van der Waals surface area contributed by atoms with Gasteiger partial charge in [0, 0.05) is 36.7 Å². The van der Waals surface area contributed by atoms with Gasteiger partial charge in [0.05, 0.1) is 36.4 Å². The summed E-state index contributed by atoms with van der Waals surface area (Å²) in [6.45, 7) is 2.50. The number of fused-ring (bicyclic) bond motifs is 1. The Labute approximate surface area is 203 Å². The van der Waals surface area contributed by atoms with Gasteiger partial charge in [-0.3, -0.25) is 4.79 Å². The molecule has 4 heterocycles. The summed E-state index contributed by atoms with van der Waals surface area (Å²) in [6, 6.07) is 2.71. The summed E-state index contributed by atoms with van der Waals surface area (Å²) in [6.07, 6.45) is 13.3. The van der Waals surface area contributed by atoms with E-state index in [0.29, 0.717) is 78.6 Å². The minimum absolute atomic E-state index is 0.184. The number of H-pyrrole nitrogens is 1. The van der Waals surface area contributed by atoms with E-state index in [-0.39, 0.29) is 11.8 Å². The number of rotatable bonds is 5. The van der Waals surface area contributed by atoms with E-state index in [1.165, 1.54) is 12.1 Å². The number of amides is 1. The van der Waals surface area contributed by atoms with Crippen molar-refractivity contribution >= 4 is 16.9 Å². The van der Waals surface area contributed by atoms with Gasteiger partial charge in [-0.1, -0.05) is 18.8 Å². The second kappa shape index (κ2) is 10.1. The third-order valence-electron chi connectivity index (χ3n) is 7.16. The minimum Gasteiger partial charge on any atom is -0.378 e. The lowest BCUT2D eigenvalue weighted by molar-refractivity contribution is -0.136. The average molecular weight is 479 g/mol. The van der Waals surface area contributed by atoms with Crippen molar-refractivity contribution in [3.05, 3.63) is 47.4 Å². The first-order chi connectivity index (χ1) is 17.0. The molecule has 1 aliphatic heterocycles. The van der Waals surface area contributed by atoms with Crippen molar-refractivity contribution in [2.45, 2.75) is 38.5 Å². The summed E-state index contributed by atoms with van der Waals surface area (Å²) in [5.41, 5.74) is 2.21. The molecule has 0 radical (unpaired) electrons. The van der Waals surface area contributed by atoms with Crippen molar-refractivity contribution in [3.8, 4) is 23.6 Å². The van der Waals surface area contributed by atoms with Gasteiger partial charge in [-0.15, -0.1) is 6.42 Å². The van der Waals surface area contributed by atoms with Crippen LogP contribution in [0.15, 0.2) is 24.5 Å². The van der Waals surface area contributed by atoms with Gasteiger partial charge in [0.2, 0.25) is 5.91 Å². The summed E-state index contributed by atoms with van der Waals surface area (Å²) in [5.74, 6) is 2.32. The van der Waals surface area contributed by atoms with Crippen LogP contribution in [0.5, 0.6) is 0 Å². The van der Waals surface area contributed by atoms with Crippen LogP contribution in [0.3, 0.4) is 0 Å².